The van der Waals surface area contributed by atoms with E-state index in [1.54, 1.807) is 14.2 Å². The third-order valence-electron chi connectivity index (χ3n) is 4.86. The van der Waals surface area contributed by atoms with E-state index in [0.29, 0.717) is 79.3 Å². The van der Waals surface area contributed by atoms with Crippen molar-refractivity contribution in [3.63, 3.8) is 0 Å². The molecule has 0 aliphatic rings. The summed E-state index contributed by atoms with van der Waals surface area (Å²) in [5.41, 5.74) is -0.609. The second-order valence-corrected chi connectivity index (χ2v) is 7.81. The molecule has 0 amide bonds. The van der Waals surface area contributed by atoms with Gasteiger partial charge in [-0.15, -0.1) is 0 Å². The number of aromatic carboxylic acids is 2. The first-order valence-electron chi connectivity index (χ1n) is 12.9. The van der Waals surface area contributed by atoms with E-state index in [-0.39, 0.29) is 49.1 Å². The fourth-order valence-electron chi connectivity index (χ4n) is 2.92. The van der Waals surface area contributed by atoms with Gasteiger partial charge in [0.15, 0.2) is 0 Å². The van der Waals surface area contributed by atoms with Gasteiger partial charge in [0, 0.05) is 20.3 Å². The number of methoxy groups -OCH3 is 2. The maximum Gasteiger partial charge on any atom is 0.339 e. The van der Waals surface area contributed by atoms with Crippen molar-refractivity contribution >= 4 is 11.9 Å². The van der Waals surface area contributed by atoms with E-state index in [0.717, 1.165) is 6.07 Å². The molecule has 0 unspecified atom stereocenters. The summed E-state index contributed by atoms with van der Waals surface area (Å²) in [6.45, 7) is 5.55. The number of carbonyl (C=O) groups is 2. The Hall–Kier alpha value is -2.56. The van der Waals surface area contributed by atoms with E-state index in [9.17, 15) is 19.8 Å². The molecule has 1 rings (SSSR count). The molecule has 2 N–H and O–H groups in total. The van der Waals surface area contributed by atoms with E-state index in [2.05, 4.69) is 0 Å². The van der Waals surface area contributed by atoms with Crippen LogP contribution in [0.4, 0.5) is 0 Å². The van der Waals surface area contributed by atoms with Crippen LogP contribution < -0.4 is 9.47 Å². The Labute approximate surface area is 234 Å². The molecule has 14 heteroatoms. The third kappa shape index (κ3) is 17.2. The van der Waals surface area contributed by atoms with E-state index < -0.39 is 11.9 Å². The quantitative estimate of drug-likeness (QED) is 0.136. The highest BCUT2D eigenvalue weighted by Crippen LogP contribution is 2.30. The van der Waals surface area contributed by atoms with Gasteiger partial charge < -0.3 is 57.6 Å². The molecule has 0 aromatic heterocycles. The van der Waals surface area contributed by atoms with Gasteiger partial charge in [-0.05, 0) is 6.07 Å². The minimum absolute atomic E-state index is 0.0345. The van der Waals surface area contributed by atoms with Crippen LogP contribution >= 0.6 is 0 Å². The van der Waals surface area contributed by atoms with Crippen LogP contribution in [0.25, 0.3) is 0 Å². The molecule has 0 atom stereocenters. The molecule has 0 aliphatic carbocycles. The van der Waals surface area contributed by atoms with Crippen molar-refractivity contribution in [1.29, 1.82) is 0 Å². The first-order valence-corrected chi connectivity index (χ1v) is 12.9. The Bertz CT molecular complexity index is 743. The van der Waals surface area contributed by atoms with Gasteiger partial charge in [0.05, 0.1) is 92.5 Å². The van der Waals surface area contributed by atoms with Gasteiger partial charge in [-0.2, -0.15) is 0 Å². The molecule has 230 valence electrons. The Morgan fingerprint density at radius 2 is 0.750 bits per heavy atom. The van der Waals surface area contributed by atoms with Crippen molar-refractivity contribution in [2.45, 2.75) is 0 Å². The minimum atomic E-state index is -1.33. The van der Waals surface area contributed by atoms with Gasteiger partial charge in [0.1, 0.15) is 35.8 Å². The third-order valence-corrected chi connectivity index (χ3v) is 4.86. The lowest BCUT2D eigenvalue weighted by Crippen LogP contribution is -2.16. The summed E-state index contributed by atoms with van der Waals surface area (Å²) < 4.78 is 53.0. The number of carboxylic acid groups (broad SMARTS) is 2. The second kappa shape index (κ2) is 24.3. The number of carboxylic acids is 2. The average molecular weight is 579 g/mol. The summed E-state index contributed by atoms with van der Waals surface area (Å²) in [5.74, 6) is -2.75. The zero-order valence-corrected chi connectivity index (χ0v) is 23.3. The fourth-order valence-corrected chi connectivity index (χ4v) is 2.92. The summed E-state index contributed by atoms with van der Waals surface area (Å²) in [6, 6.07) is 2.24. The largest absolute Gasteiger partial charge is 0.490 e. The molecule has 40 heavy (non-hydrogen) atoms. The van der Waals surface area contributed by atoms with Crippen molar-refractivity contribution in [3.05, 3.63) is 23.3 Å². The number of benzene rings is 1. The average Bonchev–Trinajstić information content (AvgIpc) is 2.93. The lowest BCUT2D eigenvalue weighted by Gasteiger charge is -2.15. The number of ether oxygens (including phenoxy) is 10. The van der Waals surface area contributed by atoms with Crippen LogP contribution in [0.1, 0.15) is 20.7 Å². The van der Waals surface area contributed by atoms with Crippen LogP contribution in [-0.4, -0.2) is 142 Å². The lowest BCUT2D eigenvalue weighted by molar-refractivity contribution is -0.000167. The maximum absolute atomic E-state index is 11.7. The Kier molecular flexibility index (Phi) is 21.5. The van der Waals surface area contributed by atoms with Crippen LogP contribution in [0.2, 0.25) is 0 Å². The van der Waals surface area contributed by atoms with Gasteiger partial charge in [0.2, 0.25) is 0 Å². The van der Waals surface area contributed by atoms with Crippen molar-refractivity contribution in [1.82, 2.24) is 0 Å². The predicted octanol–water partition coefficient (Wildman–Crippen LogP) is 1.23. The van der Waals surface area contributed by atoms with Gasteiger partial charge in [0.25, 0.3) is 0 Å². The topological polar surface area (TPSA) is 167 Å². The van der Waals surface area contributed by atoms with E-state index >= 15 is 0 Å². The molecule has 0 heterocycles. The molecule has 0 fully saturated rings. The zero-order valence-electron chi connectivity index (χ0n) is 23.3. The highest BCUT2D eigenvalue weighted by molar-refractivity contribution is 5.98. The predicted molar refractivity (Wildman–Crippen MR) is 140 cm³/mol. The minimum Gasteiger partial charge on any atom is -0.490 e. The number of rotatable bonds is 28. The fraction of sp³-hybridized carbons (Fsp3) is 0.692. The standard InChI is InChI=1S/C26H42O14/c1-31-3-5-33-7-9-35-11-13-37-15-17-39-23-20-24(22(26(29)30)19-21(23)25(27)28)40-18-16-38-14-12-36-10-8-34-6-4-32-2/h19-20H,3-18H2,1-2H3,(H,27,28)(H,29,30). The molecule has 14 nitrogen and oxygen atoms in total. The first kappa shape index (κ1) is 35.5. The number of hydrogen-bond acceptors (Lipinski definition) is 12. The van der Waals surface area contributed by atoms with Gasteiger partial charge >= 0.3 is 11.9 Å². The highest BCUT2D eigenvalue weighted by atomic mass is 16.6. The first-order chi connectivity index (χ1) is 19.5. The normalized spacial score (nSPS) is 11.1. The van der Waals surface area contributed by atoms with Crippen molar-refractivity contribution < 1.29 is 67.2 Å². The highest BCUT2D eigenvalue weighted by Gasteiger charge is 2.21. The lowest BCUT2D eigenvalue weighted by atomic mass is 10.1. The molecular formula is C26H42O14. The van der Waals surface area contributed by atoms with Crippen molar-refractivity contribution in [2.75, 3.05) is 120 Å². The Morgan fingerprint density at radius 3 is 1.02 bits per heavy atom. The molecule has 1 aromatic rings. The molecule has 0 bridgehead atoms. The van der Waals surface area contributed by atoms with Gasteiger partial charge in [-0.3, -0.25) is 0 Å². The molecule has 0 saturated carbocycles. The summed E-state index contributed by atoms with van der Waals surface area (Å²) >= 11 is 0. The van der Waals surface area contributed by atoms with E-state index in [1.807, 2.05) is 0 Å². The van der Waals surface area contributed by atoms with Crippen LogP contribution in [0.5, 0.6) is 11.5 Å². The Morgan fingerprint density at radius 1 is 0.475 bits per heavy atom. The van der Waals surface area contributed by atoms with Crippen LogP contribution in [0, 0.1) is 0 Å². The van der Waals surface area contributed by atoms with Crippen LogP contribution in [0.15, 0.2) is 12.1 Å². The molecule has 0 spiro atoms. The summed E-state index contributed by atoms with van der Waals surface area (Å²) in [4.78, 5) is 23.4. The molecule has 0 aliphatic heterocycles. The summed E-state index contributed by atoms with van der Waals surface area (Å²) in [5, 5.41) is 19.0. The zero-order chi connectivity index (χ0) is 29.3. The Balaban J connectivity index is 2.38. The SMILES string of the molecule is COCCOCCOCCOCCOc1cc(OCCOCCOCCOCCOC)c(C(=O)O)cc1C(=O)O. The van der Waals surface area contributed by atoms with Crippen molar-refractivity contribution in [3.8, 4) is 11.5 Å². The summed E-state index contributed by atoms with van der Waals surface area (Å²) in [6.07, 6.45) is 0. The number of hydrogen-bond donors (Lipinski definition) is 2. The van der Waals surface area contributed by atoms with Crippen LogP contribution in [0.3, 0.4) is 0 Å². The van der Waals surface area contributed by atoms with Crippen molar-refractivity contribution in [2.24, 2.45) is 0 Å². The van der Waals surface area contributed by atoms with Crippen LogP contribution in [-0.2, 0) is 37.9 Å². The maximum atomic E-state index is 11.7. The molecule has 1 aromatic carbocycles. The monoisotopic (exact) mass is 578 g/mol. The van der Waals surface area contributed by atoms with E-state index in [4.69, 9.17) is 47.4 Å². The second-order valence-electron chi connectivity index (χ2n) is 7.81. The molecule has 0 radical (unpaired) electrons. The summed E-state index contributed by atoms with van der Waals surface area (Å²) in [7, 11) is 3.20. The molecular weight excluding hydrogens is 536 g/mol. The molecule has 0 saturated heterocycles. The van der Waals surface area contributed by atoms with E-state index in [1.165, 1.54) is 6.07 Å². The van der Waals surface area contributed by atoms with Gasteiger partial charge in [-0.1, -0.05) is 0 Å². The smallest absolute Gasteiger partial charge is 0.339 e. The van der Waals surface area contributed by atoms with Gasteiger partial charge in [-0.25, -0.2) is 9.59 Å².